The Kier molecular flexibility index (Phi) is 5.87. The maximum Gasteiger partial charge on any atom is 0.261 e. The minimum atomic E-state index is -0.396. The molecule has 4 nitrogen and oxygen atoms in total. The van der Waals surface area contributed by atoms with Gasteiger partial charge in [0.1, 0.15) is 11.8 Å². The molecule has 1 aromatic carbocycles. The summed E-state index contributed by atoms with van der Waals surface area (Å²) in [7, 11) is 1.65. The van der Waals surface area contributed by atoms with E-state index in [1.807, 2.05) is 32.0 Å². The molecule has 0 heterocycles. The van der Waals surface area contributed by atoms with Gasteiger partial charge in [-0.1, -0.05) is 32.0 Å². The number of hydrogen-bond acceptors (Lipinski definition) is 3. The molecule has 19 heavy (non-hydrogen) atoms. The highest BCUT2D eigenvalue weighted by Crippen LogP contribution is 2.11. The van der Waals surface area contributed by atoms with Crippen LogP contribution in [0, 0.1) is 17.2 Å². The third-order valence-electron chi connectivity index (χ3n) is 2.81. The highest BCUT2D eigenvalue weighted by molar-refractivity contribution is 5.78. The van der Waals surface area contributed by atoms with Crippen molar-refractivity contribution in [1.29, 1.82) is 5.26 Å². The van der Waals surface area contributed by atoms with Gasteiger partial charge in [-0.05, 0) is 24.5 Å². The second kappa shape index (κ2) is 7.42. The second-order valence-electron chi connectivity index (χ2n) is 4.88. The molecule has 0 saturated carbocycles. The van der Waals surface area contributed by atoms with Crippen molar-refractivity contribution in [3.8, 4) is 11.8 Å². The van der Waals surface area contributed by atoms with Crippen molar-refractivity contribution in [2.75, 3.05) is 13.7 Å². The molecular weight excluding hydrogens is 240 g/mol. The maximum absolute atomic E-state index is 11.9. The Morgan fingerprint density at radius 1 is 1.37 bits per heavy atom. The Balaban J connectivity index is 2.50. The average Bonchev–Trinajstić information content (AvgIpc) is 2.42. The largest absolute Gasteiger partial charge is 0.484 e. The lowest BCUT2D eigenvalue weighted by Gasteiger charge is -2.24. The summed E-state index contributed by atoms with van der Waals surface area (Å²) in [4.78, 5) is 13.4. The van der Waals surface area contributed by atoms with Crippen molar-refractivity contribution in [1.82, 2.24) is 4.90 Å². The quantitative estimate of drug-likeness (QED) is 0.789. The minimum absolute atomic E-state index is 0.0449. The standard InChI is InChI=1S/C15H20N2O2/c1-12(2)9-13(10-16)17(3)15(18)11-19-14-7-5-4-6-8-14/h4-8,12-13H,9,11H2,1-3H3. The summed E-state index contributed by atoms with van der Waals surface area (Å²) in [6, 6.07) is 10.9. The van der Waals surface area contributed by atoms with E-state index in [1.54, 1.807) is 19.2 Å². The Bertz CT molecular complexity index is 437. The summed E-state index contributed by atoms with van der Waals surface area (Å²) >= 11 is 0. The number of carbonyl (C=O) groups excluding carboxylic acids is 1. The van der Waals surface area contributed by atoms with Gasteiger partial charge in [-0.2, -0.15) is 5.26 Å². The fourth-order valence-electron chi connectivity index (χ4n) is 1.68. The number of benzene rings is 1. The molecule has 1 unspecified atom stereocenters. The van der Waals surface area contributed by atoms with Crippen molar-refractivity contribution in [2.45, 2.75) is 26.3 Å². The molecule has 102 valence electrons. The van der Waals surface area contributed by atoms with Crippen molar-refractivity contribution in [3.63, 3.8) is 0 Å². The summed E-state index contributed by atoms with van der Waals surface area (Å²) in [5.41, 5.74) is 0. The predicted octanol–water partition coefficient (Wildman–Crippen LogP) is 2.46. The predicted molar refractivity (Wildman–Crippen MR) is 73.6 cm³/mol. The van der Waals surface area contributed by atoms with E-state index < -0.39 is 6.04 Å². The zero-order chi connectivity index (χ0) is 14.3. The fourth-order valence-corrected chi connectivity index (χ4v) is 1.68. The highest BCUT2D eigenvalue weighted by atomic mass is 16.5. The van der Waals surface area contributed by atoms with Gasteiger partial charge in [0.05, 0.1) is 6.07 Å². The van der Waals surface area contributed by atoms with E-state index in [-0.39, 0.29) is 12.5 Å². The smallest absolute Gasteiger partial charge is 0.261 e. The molecule has 0 N–H and O–H groups in total. The fraction of sp³-hybridized carbons (Fsp3) is 0.467. The molecule has 1 atom stereocenters. The van der Waals surface area contributed by atoms with Crippen LogP contribution in [0.5, 0.6) is 5.75 Å². The van der Waals surface area contributed by atoms with Crippen molar-refractivity contribution >= 4 is 5.91 Å². The van der Waals surface area contributed by atoms with E-state index in [9.17, 15) is 4.79 Å². The van der Waals surface area contributed by atoms with Gasteiger partial charge in [-0.15, -0.1) is 0 Å². The topological polar surface area (TPSA) is 53.3 Å². The van der Waals surface area contributed by atoms with Crippen LogP contribution < -0.4 is 4.74 Å². The zero-order valence-electron chi connectivity index (χ0n) is 11.7. The number of amides is 1. The third kappa shape index (κ3) is 5.01. The van der Waals surface area contributed by atoms with Crippen LogP contribution in [0.25, 0.3) is 0 Å². The van der Waals surface area contributed by atoms with Crippen molar-refractivity contribution in [2.24, 2.45) is 5.92 Å². The molecular formula is C15H20N2O2. The first kappa shape index (κ1) is 15.0. The van der Waals surface area contributed by atoms with Gasteiger partial charge in [0, 0.05) is 7.05 Å². The van der Waals surface area contributed by atoms with Crippen LogP contribution in [0.1, 0.15) is 20.3 Å². The molecule has 0 fully saturated rings. The Morgan fingerprint density at radius 3 is 2.53 bits per heavy atom. The Morgan fingerprint density at radius 2 is 2.00 bits per heavy atom. The SMILES string of the molecule is CC(C)CC(C#N)N(C)C(=O)COc1ccccc1. The lowest BCUT2D eigenvalue weighted by molar-refractivity contribution is -0.133. The molecule has 0 bridgehead atoms. The summed E-state index contributed by atoms with van der Waals surface area (Å²) < 4.78 is 5.39. The van der Waals surface area contributed by atoms with Crippen LogP contribution in [0.3, 0.4) is 0 Å². The molecule has 0 aliphatic rings. The summed E-state index contributed by atoms with van der Waals surface area (Å²) in [6.45, 7) is 4.02. The van der Waals surface area contributed by atoms with Gasteiger partial charge in [-0.3, -0.25) is 4.79 Å². The van der Waals surface area contributed by atoms with Crippen molar-refractivity contribution in [3.05, 3.63) is 30.3 Å². The molecule has 0 saturated heterocycles. The lowest BCUT2D eigenvalue weighted by atomic mass is 10.0. The summed E-state index contributed by atoms with van der Waals surface area (Å²) in [5.74, 6) is 0.840. The average molecular weight is 260 g/mol. The van der Waals surface area contributed by atoms with Crippen LogP contribution in [0.15, 0.2) is 30.3 Å². The van der Waals surface area contributed by atoms with E-state index in [2.05, 4.69) is 6.07 Å². The number of nitrogens with zero attached hydrogens (tertiary/aromatic N) is 2. The second-order valence-corrected chi connectivity index (χ2v) is 4.88. The lowest BCUT2D eigenvalue weighted by Crippen LogP contribution is -2.39. The van der Waals surface area contributed by atoms with E-state index in [0.717, 1.165) is 0 Å². The number of hydrogen-bond donors (Lipinski definition) is 0. The molecule has 0 radical (unpaired) electrons. The van der Waals surface area contributed by atoms with E-state index in [4.69, 9.17) is 10.00 Å². The van der Waals surface area contributed by atoms with E-state index in [1.165, 1.54) is 4.90 Å². The van der Waals surface area contributed by atoms with Gasteiger partial charge in [-0.25, -0.2) is 0 Å². The van der Waals surface area contributed by atoms with Crippen molar-refractivity contribution < 1.29 is 9.53 Å². The van der Waals surface area contributed by atoms with Crippen LogP contribution in [0.2, 0.25) is 0 Å². The molecule has 1 rings (SSSR count). The molecule has 1 amide bonds. The van der Waals surface area contributed by atoms with Crippen LogP contribution in [0.4, 0.5) is 0 Å². The number of likely N-dealkylation sites (N-methyl/N-ethyl adjacent to an activating group) is 1. The van der Waals surface area contributed by atoms with Gasteiger partial charge < -0.3 is 9.64 Å². The monoisotopic (exact) mass is 260 g/mol. The first-order valence-corrected chi connectivity index (χ1v) is 6.37. The Labute approximate surface area is 114 Å². The number of nitriles is 1. The first-order chi connectivity index (χ1) is 9.04. The normalized spacial score (nSPS) is 11.7. The summed E-state index contributed by atoms with van der Waals surface area (Å²) in [6.07, 6.45) is 0.671. The number of carbonyl (C=O) groups is 1. The molecule has 4 heteroatoms. The van der Waals surface area contributed by atoms with Gasteiger partial charge in [0.25, 0.3) is 5.91 Å². The van der Waals surface area contributed by atoms with E-state index >= 15 is 0 Å². The Hall–Kier alpha value is -2.02. The van der Waals surface area contributed by atoms with Gasteiger partial charge in [0.15, 0.2) is 6.61 Å². The number of ether oxygens (including phenoxy) is 1. The number of para-hydroxylation sites is 1. The van der Waals surface area contributed by atoms with Crippen LogP contribution in [-0.4, -0.2) is 30.5 Å². The minimum Gasteiger partial charge on any atom is -0.484 e. The first-order valence-electron chi connectivity index (χ1n) is 6.37. The van der Waals surface area contributed by atoms with Gasteiger partial charge in [0.2, 0.25) is 0 Å². The van der Waals surface area contributed by atoms with Gasteiger partial charge >= 0.3 is 0 Å². The zero-order valence-corrected chi connectivity index (χ0v) is 11.7. The van der Waals surface area contributed by atoms with Crippen LogP contribution >= 0.6 is 0 Å². The molecule has 1 aromatic rings. The third-order valence-corrected chi connectivity index (χ3v) is 2.81. The summed E-state index contributed by atoms with van der Waals surface area (Å²) in [5, 5.41) is 9.09. The molecule has 0 aliphatic carbocycles. The molecule has 0 aliphatic heterocycles. The van der Waals surface area contributed by atoms with E-state index in [0.29, 0.717) is 18.1 Å². The molecule has 0 spiro atoms. The molecule has 0 aromatic heterocycles. The van der Waals surface area contributed by atoms with Crippen LogP contribution in [-0.2, 0) is 4.79 Å². The highest BCUT2D eigenvalue weighted by Gasteiger charge is 2.20. The maximum atomic E-state index is 11.9. The number of rotatable bonds is 6.